The normalized spacial score (nSPS) is 21.5. The molecule has 26 heavy (non-hydrogen) atoms. The number of para-hydroxylation sites is 1. The Morgan fingerprint density at radius 1 is 1.27 bits per heavy atom. The molecule has 0 saturated carbocycles. The molecule has 8 heteroatoms. The van der Waals surface area contributed by atoms with Gasteiger partial charge in [-0.05, 0) is 37.8 Å². The third-order valence-corrected chi connectivity index (χ3v) is 6.92. The summed E-state index contributed by atoms with van der Waals surface area (Å²) in [5.41, 5.74) is -0.386. The van der Waals surface area contributed by atoms with Crippen LogP contribution in [0, 0.1) is 0 Å². The van der Waals surface area contributed by atoms with Crippen molar-refractivity contribution in [3.8, 4) is 5.69 Å². The third kappa shape index (κ3) is 3.03. The van der Waals surface area contributed by atoms with Crippen molar-refractivity contribution in [2.45, 2.75) is 43.0 Å². The first-order chi connectivity index (χ1) is 12.5. The third-order valence-electron chi connectivity index (χ3n) is 5.00. The van der Waals surface area contributed by atoms with Crippen molar-refractivity contribution in [2.24, 2.45) is 0 Å². The van der Waals surface area contributed by atoms with Crippen LogP contribution in [0.1, 0.15) is 32.6 Å². The maximum atomic E-state index is 13.3. The number of aromatic nitrogens is 2. The second-order valence-corrected chi connectivity index (χ2v) is 8.23. The number of methoxy groups -OCH3 is 1. The second kappa shape index (κ2) is 7.20. The van der Waals surface area contributed by atoms with Crippen molar-refractivity contribution in [1.82, 2.24) is 14.1 Å². The van der Waals surface area contributed by atoms with E-state index in [1.54, 1.807) is 0 Å². The molecule has 3 rings (SSSR count). The van der Waals surface area contributed by atoms with E-state index >= 15 is 0 Å². The average Bonchev–Trinajstić information content (AvgIpc) is 3.19. The SMILES string of the molecule is CCC1(C(=O)OC)CCCCN1S(=O)(=O)c1cnn(-c2ccccc2)c1. The van der Waals surface area contributed by atoms with Gasteiger partial charge in [-0.25, -0.2) is 13.1 Å². The van der Waals surface area contributed by atoms with Crippen LogP contribution in [0.3, 0.4) is 0 Å². The van der Waals surface area contributed by atoms with Crippen LogP contribution in [0.5, 0.6) is 0 Å². The van der Waals surface area contributed by atoms with Gasteiger partial charge in [0.25, 0.3) is 0 Å². The summed E-state index contributed by atoms with van der Waals surface area (Å²) >= 11 is 0. The molecule has 140 valence electrons. The van der Waals surface area contributed by atoms with Crippen LogP contribution in [-0.4, -0.2) is 47.7 Å². The highest BCUT2D eigenvalue weighted by atomic mass is 32.2. The minimum Gasteiger partial charge on any atom is -0.468 e. The average molecular weight is 377 g/mol. The summed E-state index contributed by atoms with van der Waals surface area (Å²) in [5.74, 6) is -0.501. The zero-order valence-corrected chi connectivity index (χ0v) is 15.8. The Morgan fingerprint density at radius 2 is 2.00 bits per heavy atom. The van der Waals surface area contributed by atoms with Gasteiger partial charge < -0.3 is 4.74 Å². The molecule has 1 atom stereocenters. The van der Waals surface area contributed by atoms with E-state index < -0.39 is 21.5 Å². The Kier molecular flexibility index (Phi) is 5.15. The lowest BCUT2D eigenvalue weighted by atomic mass is 9.86. The number of carbonyl (C=O) groups excluding carboxylic acids is 1. The highest BCUT2D eigenvalue weighted by molar-refractivity contribution is 7.89. The van der Waals surface area contributed by atoms with Crippen LogP contribution in [0.15, 0.2) is 47.6 Å². The Morgan fingerprint density at radius 3 is 2.65 bits per heavy atom. The van der Waals surface area contributed by atoms with E-state index in [0.29, 0.717) is 25.8 Å². The lowest BCUT2D eigenvalue weighted by Gasteiger charge is -2.42. The van der Waals surface area contributed by atoms with Crippen LogP contribution in [0.2, 0.25) is 0 Å². The van der Waals surface area contributed by atoms with E-state index in [-0.39, 0.29) is 4.90 Å². The van der Waals surface area contributed by atoms with Crippen molar-refractivity contribution in [3.05, 3.63) is 42.7 Å². The summed E-state index contributed by atoms with van der Waals surface area (Å²) in [6.45, 7) is 2.11. The molecule has 1 fully saturated rings. The van der Waals surface area contributed by atoms with E-state index in [2.05, 4.69) is 5.10 Å². The van der Waals surface area contributed by atoms with Crippen molar-refractivity contribution in [1.29, 1.82) is 0 Å². The lowest BCUT2D eigenvalue weighted by Crippen LogP contribution is -2.59. The molecule has 2 aromatic rings. The van der Waals surface area contributed by atoms with Gasteiger partial charge in [-0.3, -0.25) is 4.79 Å². The molecule has 0 radical (unpaired) electrons. The molecule has 0 spiro atoms. The first-order valence-electron chi connectivity index (χ1n) is 8.67. The molecule has 1 unspecified atom stereocenters. The molecule has 1 aliphatic heterocycles. The fraction of sp³-hybridized carbons (Fsp3) is 0.444. The number of hydrogen-bond donors (Lipinski definition) is 0. The summed E-state index contributed by atoms with van der Waals surface area (Å²) in [4.78, 5) is 12.6. The maximum Gasteiger partial charge on any atom is 0.327 e. The zero-order chi connectivity index (χ0) is 18.8. The molecular formula is C18H23N3O4S. The standard InChI is InChI=1S/C18H23N3O4S/c1-3-18(17(22)25-2)11-7-8-12-21(18)26(23,24)16-13-19-20(14-16)15-9-5-4-6-10-15/h4-6,9-10,13-14H,3,7-8,11-12H2,1-2H3. The predicted octanol–water partition coefficient (Wildman–Crippen LogP) is 2.37. The summed E-state index contributed by atoms with van der Waals surface area (Å²) < 4.78 is 34.4. The number of ether oxygens (including phenoxy) is 1. The molecule has 1 aromatic heterocycles. The fourth-order valence-corrected chi connectivity index (χ4v) is 5.33. The van der Waals surface area contributed by atoms with Gasteiger partial charge in [0.15, 0.2) is 0 Å². The Labute approximate surface area is 153 Å². The van der Waals surface area contributed by atoms with Gasteiger partial charge in [0.05, 0.1) is 25.2 Å². The molecule has 0 aliphatic carbocycles. The fourth-order valence-electron chi connectivity index (χ4n) is 3.54. The molecule has 0 bridgehead atoms. The number of esters is 1. The minimum absolute atomic E-state index is 0.0741. The second-order valence-electron chi connectivity index (χ2n) is 6.37. The molecule has 7 nitrogen and oxygen atoms in total. The smallest absolute Gasteiger partial charge is 0.327 e. The molecule has 2 heterocycles. The topological polar surface area (TPSA) is 81.5 Å². The number of rotatable bonds is 5. The van der Waals surface area contributed by atoms with Gasteiger partial charge in [-0.1, -0.05) is 25.1 Å². The number of sulfonamides is 1. The Hall–Kier alpha value is -2.19. The Bertz CT molecular complexity index is 879. The van der Waals surface area contributed by atoms with Crippen molar-refractivity contribution in [2.75, 3.05) is 13.7 Å². The molecule has 0 amide bonds. The van der Waals surface area contributed by atoms with E-state index in [9.17, 15) is 13.2 Å². The van der Waals surface area contributed by atoms with Gasteiger partial charge in [0, 0.05) is 6.54 Å². The van der Waals surface area contributed by atoms with Gasteiger partial charge in [-0.2, -0.15) is 9.40 Å². The number of piperidine rings is 1. The van der Waals surface area contributed by atoms with Crippen LogP contribution in [0.4, 0.5) is 0 Å². The van der Waals surface area contributed by atoms with Crippen molar-refractivity contribution in [3.63, 3.8) is 0 Å². The molecular weight excluding hydrogens is 354 g/mol. The van der Waals surface area contributed by atoms with E-state index in [1.807, 2.05) is 37.3 Å². The first-order valence-corrected chi connectivity index (χ1v) is 10.1. The van der Waals surface area contributed by atoms with E-state index in [0.717, 1.165) is 12.1 Å². The summed E-state index contributed by atoms with van der Waals surface area (Å²) in [6, 6.07) is 9.28. The molecule has 1 saturated heterocycles. The quantitative estimate of drug-likeness (QED) is 0.747. The summed E-state index contributed by atoms with van der Waals surface area (Å²) in [5, 5.41) is 4.18. The monoisotopic (exact) mass is 377 g/mol. The number of nitrogens with zero attached hydrogens (tertiary/aromatic N) is 3. The molecule has 0 N–H and O–H groups in total. The van der Waals surface area contributed by atoms with Gasteiger partial charge in [-0.15, -0.1) is 0 Å². The van der Waals surface area contributed by atoms with Crippen molar-refractivity contribution >= 4 is 16.0 Å². The van der Waals surface area contributed by atoms with E-state index in [4.69, 9.17) is 4.74 Å². The zero-order valence-electron chi connectivity index (χ0n) is 15.0. The van der Waals surface area contributed by atoms with Crippen LogP contribution in [-0.2, 0) is 19.6 Å². The van der Waals surface area contributed by atoms with E-state index in [1.165, 1.54) is 28.5 Å². The van der Waals surface area contributed by atoms with Gasteiger partial charge >= 0.3 is 5.97 Å². The van der Waals surface area contributed by atoms with Crippen LogP contribution in [0.25, 0.3) is 5.69 Å². The highest BCUT2D eigenvalue weighted by Gasteiger charge is 2.51. The minimum atomic E-state index is -3.87. The number of carbonyl (C=O) groups is 1. The highest BCUT2D eigenvalue weighted by Crippen LogP contribution is 2.37. The lowest BCUT2D eigenvalue weighted by molar-refractivity contribution is -0.154. The van der Waals surface area contributed by atoms with Crippen molar-refractivity contribution < 1.29 is 17.9 Å². The van der Waals surface area contributed by atoms with Crippen LogP contribution >= 0.6 is 0 Å². The molecule has 1 aromatic carbocycles. The largest absolute Gasteiger partial charge is 0.468 e. The molecule has 1 aliphatic rings. The van der Waals surface area contributed by atoms with Gasteiger partial charge in [0.2, 0.25) is 10.0 Å². The predicted molar refractivity (Wildman–Crippen MR) is 96.3 cm³/mol. The first kappa shape index (κ1) is 18.6. The van der Waals surface area contributed by atoms with Crippen LogP contribution < -0.4 is 0 Å². The number of hydrogen-bond acceptors (Lipinski definition) is 5. The summed E-state index contributed by atoms with van der Waals surface area (Å²) in [6.07, 6.45) is 5.14. The Balaban J connectivity index is 2.01. The summed E-state index contributed by atoms with van der Waals surface area (Å²) in [7, 11) is -2.58. The maximum absolute atomic E-state index is 13.3. The van der Waals surface area contributed by atoms with Gasteiger partial charge in [0.1, 0.15) is 10.4 Å². The number of benzene rings is 1.